The molecule has 0 bridgehead atoms. The van der Waals surface area contributed by atoms with Crippen molar-refractivity contribution in [2.75, 3.05) is 26.2 Å². The summed E-state index contributed by atoms with van der Waals surface area (Å²) < 4.78 is 0. The van der Waals surface area contributed by atoms with Crippen molar-refractivity contribution in [3.8, 4) is 0 Å². The molecule has 1 aliphatic rings. The average Bonchev–Trinajstić information content (AvgIpc) is 3.24. The molecule has 32 heavy (non-hydrogen) atoms. The summed E-state index contributed by atoms with van der Waals surface area (Å²) in [4.78, 5) is 19.2. The third kappa shape index (κ3) is 16.6. The Morgan fingerprint density at radius 2 is 1.25 bits per heavy atom. The van der Waals surface area contributed by atoms with Gasteiger partial charge in [-0.05, 0) is 12.8 Å². The van der Waals surface area contributed by atoms with Crippen molar-refractivity contribution < 1.29 is 4.79 Å². The van der Waals surface area contributed by atoms with Gasteiger partial charge in [-0.1, -0.05) is 117 Å². The highest BCUT2D eigenvalue weighted by molar-refractivity contribution is 5.83. The molecule has 0 aromatic heterocycles. The molecule has 0 aromatic rings. The number of hydrogen-bond acceptors (Lipinski definition) is 3. The molecule has 1 rings (SSSR count). The van der Waals surface area contributed by atoms with Crippen LogP contribution in [0.1, 0.15) is 142 Å². The average molecular weight is 450 g/mol. The Labute approximate surface area is 200 Å². The first-order valence-corrected chi connectivity index (χ1v) is 14.3. The minimum Gasteiger partial charge on any atom is -0.357 e. The molecule has 0 aromatic carbocycles. The second-order valence-electron chi connectivity index (χ2n) is 9.79. The maximum atomic E-state index is 12.1. The Kier molecular flexibility index (Phi) is 19.7. The topological polar surface area (TPSA) is 44.7 Å². The molecule has 1 amide bonds. The smallest absolute Gasteiger partial charge is 0.220 e. The molecular weight excluding hydrogens is 394 g/mol. The predicted octanol–water partition coefficient (Wildman–Crippen LogP) is 7.66. The van der Waals surface area contributed by atoms with Crippen molar-refractivity contribution >= 4 is 11.7 Å². The number of unbranched alkanes of at least 4 members (excludes halogenated alkanes) is 16. The van der Waals surface area contributed by atoms with Crippen molar-refractivity contribution in [3.05, 3.63) is 0 Å². The second kappa shape index (κ2) is 21.8. The molecule has 188 valence electrons. The standard InChI is InChI=1S/C28H55N3O/c1-3-5-7-9-11-13-15-17-19-21-27-29-23-25-31(27)26-24-30-28(32)22-20-18-16-14-12-10-8-6-4-2/h3-26H2,1-2H3,(H,30,32). The van der Waals surface area contributed by atoms with Crippen LogP contribution in [-0.4, -0.2) is 42.8 Å². The van der Waals surface area contributed by atoms with Gasteiger partial charge < -0.3 is 10.2 Å². The number of aliphatic imine (C=N–C) groups is 1. The Morgan fingerprint density at radius 1 is 0.750 bits per heavy atom. The van der Waals surface area contributed by atoms with Crippen LogP contribution in [0, 0.1) is 0 Å². The van der Waals surface area contributed by atoms with Gasteiger partial charge in [0, 0.05) is 32.5 Å². The highest BCUT2D eigenvalue weighted by Crippen LogP contribution is 2.13. The quantitative estimate of drug-likeness (QED) is 0.163. The molecule has 1 heterocycles. The predicted molar refractivity (Wildman–Crippen MR) is 141 cm³/mol. The molecule has 4 heteroatoms. The van der Waals surface area contributed by atoms with Crippen LogP contribution in [-0.2, 0) is 4.79 Å². The maximum Gasteiger partial charge on any atom is 0.220 e. The van der Waals surface area contributed by atoms with Crippen LogP contribution in [0.15, 0.2) is 4.99 Å². The molecule has 0 atom stereocenters. The number of carbonyl (C=O) groups excluding carboxylic acids is 1. The monoisotopic (exact) mass is 449 g/mol. The second-order valence-corrected chi connectivity index (χ2v) is 9.79. The summed E-state index contributed by atoms with van der Waals surface area (Å²) in [6, 6.07) is 0. The fourth-order valence-corrected chi connectivity index (χ4v) is 4.62. The zero-order valence-electron chi connectivity index (χ0n) is 21.8. The molecule has 0 unspecified atom stereocenters. The number of rotatable bonds is 23. The van der Waals surface area contributed by atoms with Crippen molar-refractivity contribution in [2.45, 2.75) is 142 Å². The SMILES string of the molecule is CCCCCCCCCCCC(=O)NCCN1CCN=C1CCCCCCCCCCC. The van der Waals surface area contributed by atoms with Gasteiger partial charge in [0.1, 0.15) is 0 Å². The van der Waals surface area contributed by atoms with E-state index in [1.54, 1.807) is 0 Å². The van der Waals surface area contributed by atoms with Crippen LogP contribution < -0.4 is 5.32 Å². The molecule has 0 radical (unpaired) electrons. The number of amidine groups is 1. The minimum atomic E-state index is 0.226. The fourth-order valence-electron chi connectivity index (χ4n) is 4.62. The highest BCUT2D eigenvalue weighted by Gasteiger charge is 2.16. The molecular formula is C28H55N3O. The van der Waals surface area contributed by atoms with E-state index in [4.69, 9.17) is 4.99 Å². The summed E-state index contributed by atoms with van der Waals surface area (Å²) in [5.41, 5.74) is 0. The van der Waals surface area contributed by atoms with E-state index in [-0.39, 0.29) is 5.91 Å². The van der Waals surface area contributed by atoms with Gasteiger partial charge in [0.25, 0.3) is 0 Å². The first-order valence-electron chi connectivity index (χ1n) is 14.3. The molecule has 1 aliphatic heterocycles. The van der Waals surface area contributed by atoms with Gasteiger partial charge in [0.15, 0.2) is 0 Å². The van der Waals surface area contributed by atoms with Gasteiger partial charge >= 0.3 is 0 Å². The van der Waals surface area contributed by atoms with Crippen LogP contribution >= 0.6 is 0 Å². The Bertz CT molecular complexity index is 464. The fraction of sp³-hybridized carbons (Fsp3) is 0.929. The van der Waals surface area contributed by atoms with E-state index in [2.05, 4.69) is 24.1 Å². The minimum absolute atomic E-state index is 0.226. The largest absolute Gasteiger partial charge is 0.357 e. The van der Waals surface area contributed by atoms with E-state index < -0.39 is 0 Å². The first kappa shape index (κ1) is 29.0. The lowest BCUT2D eigenvalue weighted by Crippen LogP contribution is -2.36. The third-order valence-electron chi connectivity index (χ3n) is 6.74. The number of amides is 1. The molecule has 0 saturated carbocycles. The lowest BCUT2D eigenvalue weighted by atomic mass is 10.1. The van der Waals surface area contributed by atoms with E-state index in [9.17, 15) is 4.79 Å². The van der Waals surface area contributed by atoms with Crippen molar-refractivity contribution in [1.82, 2.24) is 10.2 Å². The Balaban J connectivity index is 1.94. The Morgan fingerprint density at radius 3 is 1.81 bits per heavy atom. The zero-order valence-corrected chi connectivity index (χ0v) is 21.8. The van der Waals surface area contributed by atoms with Crippen molar-refractivity contribution in [3.63, 3.8) is 0 Å². The molecule has 0 spiro atoms. The number of carbonyl (C=O) groups is 1. The highest BCUT2D eigenvalue weighted by atomic mass is 16.1. The zero-order chi connectivity index (χ0) is 23.1. The van der Waals surface area contributed by atoms with Gasteiger partial charge in [0.05, 0.1) is 12.4 Å². The van der Waals surface area contributed by atoms with Gasteiger partial charge in [-0.3, -0.25) is 9.79 Å². The van der Waals surface area contributed by atoms with E-state index in [0.29, 0.717) is 6.42 Å². The number of nitrogens with zero attached hydrogens (tertiary/aromatic N) is 2. The summed E-state index contributed by atoms with van der Waals surface area (Å²) in [5, 5.41) is 3.12. The normalized spacial score (nSPS) is 13.6. The summed E-state index contributed by atoms with van der Waals surface area (Å²) in [7, 11) is 0. The maximum absolute atomic E-state index is 12.1. The van der Waals surface area contributed by atoms with Crippen LogP contribution in [0.5, 0.6) is 0 Å². The van der Waals surface area contributed by atoms with Crippen molar-refractivity contribution in [1.29, 1.82) is 0 Å². The van der Waals surface area contributed by atoms with E-state index >= 15 is 0 Å². The van der Waals surface area contributed by atoms with Gasteiger partial charge in [0.2, 0.25) is 5.91 Å². The summed E-state index contributed by atoms with van der Waals surface area (Å²) in [6.07, 6.45) is 25.8. The lowest BCUT2D eigenvalue weighted by molar-refractivity contribution is -0.121. The van der Waals surface area contributed by atoms with Gasteiger partial charge in [-0.2, -0.15) is 0 Å². The van der Waals surface area contributed by atoms with Gasteiger partial charge in [-0.25, -0.2) is 0 Å². The van der Waals surface area contributed by atoms with Crippen LogP contribution in [0.2, 0.25) is 0 Å². The molecule has 4 nitrogen and oxygen atoms in total. The summed E-state index contributed by atoms with van der Waals surface area (Å²) in [6.45, 7) is 8.18. The van der Waals surface area contributed by atoms with E-state index in [1.165, 1.54) is 115 Å². The number of nitrogens with one attached hydrogen (secondary N) is 1. The van der Waals surface area contributed by atoms with Gasteiger partial charge in [-0.15, -0.1) is 0 Å². The van der Waals surface area contributed by atoms with Crippen LogP contribution in [0.25, 0.3) is 0 Å². The van der Waals surface area contributed by atoms with Crippen LogP contribution in [0.4, 0.5) is 0 Å². The number of hydrogen-bond donors (Lipinski definition) is 1. The molecule has 0 saturated heterocycles. The van der Waals surface area contributed by atoms with E-state index in [1.807, 2.05) is 0 Å². The molecule has 1 N–H and O–H groups in total. The summed E-state index contributed by atoms with van der Waals surface area (Å²) >= 11 is 0. The Hall–Kier alpha value is -1.06. The first-order chi connectivity index (χ1) is 15.8. The third-order valence-corrected chi connectivity index (χ3v) is 6.74. The van der Waals surface area contributed by atoms with E-state index in [0.717, 1.165) is 39.0 Å². The van der Waals surface area contributed by atoms with Crippen molar-refractivity contribution in [2.24, 2.45) is 4.99 Å². The summed E-state index contributed by atoms with van der Waals surface area (Å²) in [5.74, 6) is 1.51. The molecule has 0 fully saturated rings. The van der Waals surface area contributed by atoms with Crippen LogP contribution in [0.3, 0.4) is 0 Å². The lowest BCUT2D eigenvalue weighted by Gasteiger charge is -2.20. The molecule has 0 aliphatic carbocycles.